The number of nitrogens with one attached hydrogen (secondary N) is 1. The molecule has 8 heteroatoms. The standard InChI is InChI=1S/C20H10N2O4S2/c1-6-4-9-11-13-12-10(18(24)21-19(25)14(12)16(9)27-6)8-3-7(2)28-17(8)15(13)22(5-23)20(11)26/h3-5H,1-2H3,(H,21,24,25). The summed E-state index contributed by atoms with van der Waals surface area (Å²) in [6, 6.07) is 3.74. The van der Waals surface area contributed by atoms with Crippen molar-refractivity contribution < 1.29 is 19.2 Å². The normalized spacial score (nSPS) is 15.4. The topological polar surface area (TPSA) is 83.6 Å². The van der Waals surface area contributed by atoms with Gasteiger partial charge < -0.3 is 0 Å². The summed E-state index contributed by atoms with van der Waals surface area (Å²) in [7, 11) is 0. The summed E-state index contributed by atoms with van der Waals surface area (Å²) >= 11 is 2.84. The molecule has 0 aliphatic carbocycles. The lowest BCUT2D eigenvalue weighted by atomic mass is 9.88. The maximum absolute atomic E-state index is 13.2. The van der Waals surface area contributed by atoms with E-state index in [-0.39, 0.29) is 0 Å². The molecule has 28 heavy (non-hydrogen) atoms. The van der Waals surface area contributed by atoms with Gasteiger partial charge in [0.05, 0.1) is 27.1 Å². The van der Waals surface area contributed by atoms with Crippen LogP contribution in [0.25, 0.3) is 30.9 Å². The maximum atomic E-state index is 13.2. The number of hydrogen-bond donors (Lipinski definition) is 1. The van der Waals surface area contributed by atoms with Gasteiger partial charge in [0.15, 0.2) is 0 Å². The van der Waals surface area contributed by atoms with Gasteiger partial charge >= 0.3 is 0 Å². The first-order valence-corrected chi connectivity index (χ1v) is 10.2. The van der Waals surface area contributed by atoms with Crippen LogP contribution in [-0.2, 0) is 4.79 Å². The van der Waals surface area contributed by atoms with Crippen molar-refractivity contribution in [3.8, 4) is 0 Å². The molecule has 0 atom stereocenters. The third-order valence-electron chi connectivity index (χ3n) is 5.39. The van der Waals surface area contributed by atoms with Gasteiger partial charge in [-0.25, -0.2) is 4.90 Å². The minimum atomic E-state index is -0.470. The largest absolute Gasteiger partial charge is 0.288 e. The molecule has 2 aliphatic heterocycles. The van der Waals surface area contributed by atoms with Crippen molar-refractivity contribution in [1.82, 2.24) is 5.32 Å². The van der Waals surface area contributed by atoms with Gasteiger partial charge in [0.1, 0.15) is 0 Å². The first kappa shape index (κ1) is 15.9. The number of thiophene rings is 2. The molecule has 0 fully saturated rings. The number of imide groups is 2. The first-order chi connectivity index (χ1) is 13.4. The molecular weight excluding hydrogens is 396 g/mol. The van der Waals surface area contributed by atoms with E-state index >= 15 is 0 Å². The van der Waals surface area contributed by atoms with Gasteiger partial charge in [-0.2, -0.15) is 0 Å². The Hall–Kier alpha value is -3.10. The highest BCUT2D eigenvalue weighted by Gasteiger charge is 2.41. The highest BCUT2D eigenvalue weighted by atomic mass is 32.1. The monoisotopic (exact) mass is 406 g/mol. The van der Waals surface area contributed by atoms with Gasteiger partial charge in [0, 0.05) is 36.0 Å². The average molecular weight is 406 g/mol. The molecule has 6 nitrogen and oxygen atoms in total. The van der Waals surface area contributed by atoms with E-state index in [0.29, 0.717) is 59.7 Å². The summed E-state index contributed by atoms with van der Waals surface area (Å²) in [6.07, 6.45) is 0.518. The zero-order valence-electron chi connectivity index (χ0n) is 14.6. The predicted octanol–water partition coefficient (Wildman–Crippen LogP) is 3.89. The Morgan fingerprint density at radius 3 is 2.14 bits per heavy atom. The lowest BCUT2D eigenvalue weighted by molar-refractivity contribution is -0.106. The number of anilines is 1. The third-order valence-corrected chi connectivity index (χ3v) is 7.51. The number of nitrogens with zero attached hydrogens (tertiary/aromatic N) is 1. The van der Waals surface area contributed by atoms with Crippen LogP contribution in [-0.4, -0.2) is 24.1 Å². The quantitative estimate of drug-likeness (QED) is 0.384. The number of fused-ring (bicyclic) bond motifs is 6. The van der Waals surface area contributed by atoms with Gasteiger partial charge in [-0.1, -0.05) is 0 Å². The third kappa shape index (κ3) is 1.60. The molecule has 2 aromatic carbocycles. The summed E-state index contributed by atoms with van der Waals surface area (Å²) in [6.45, 7) is 3.81. The summed E-state index contributed by atoms with van der Waals surface area (Å²) in [5.41, 5.74) is 1.70. The molecule has 0 spiro atoms. The van der Waals surface area contributed by atoms with E-state index in [1.54, 1.807) is 0 Å². The summed E-state index contributed by atoms with van der Waals surface area (Å²) < 4.78 is 1.38. The van der Waals surface area contributed by atoms with Crippen LogP contribution in [0.2, 0.25) is 0 Å². The Morgan fingerprint density at radius 2 is 1.46 bits per heavy atom. The highest BCUT2D eigenvalue weighted by molar-refractivity contribution is 7.20. The Labute approximate surface area is 165 Å². The maximum Gasteiger partial charge on any atom is 0.266 e. The van der Waals surface area contributed by atoms with Crippen LogP contribution in [0.15, 0.2) is 12.1 Å². The minimum Gasteiger partial charge on any atom is -0.288 e. The molecular formula is C20H10N2O4S2. The Morgan fingerprint density at radius 1 is 0.857 bits per heavy atom. The van der Waals surface area contributed by atoms with Gasteiger partial charge in [-0.3, -0.25) is 24.5 Å². The van der Waals surface area contributed by atoms with E-state index in [9.17, 15) is 19.2 Å². The summed E-state index contributed by atoms with van der Waals surface area (Å²) in [5, 5.41) is 4.79. The fourth-order valence-corrected chi connectivity index (χ4v) is 6.58. The van der Waals surface area contributed by atoms with Crippen molar-refractivity contribution in [2.24, 2.45) is 0 Å². The summed E-state index contributed by atoms with van der Waals surface area (Å²) in [4.78, 5) is 53.7. The molecule has 0 bridgehead atoms. The SMILES string of the molecule is Cc1cc2c3c4c(c5sc(C)cc5c5c4c(c2s1)C(=O)NC5=O)N(C=O)C3=O. The molecule has 6 rings (SSSR count). The number of benzene rings is 2. The lowest BCUT2D eigenvalue weighted by Gasteiger charge is -2.20. The van der Waals surface area contributed by atoms with Crippen molar-refractivity contribution >= 4 is 83.4 Å². The average Bonchev–Trinajstić information content (AvgIpc) is 3.27. The van der Waals surface area contributed by atoms with Crippen LogP contribution in [0.5, 0.6) is 0 Å². The van der Waals surface area contributed by atoms with Crippen LogP contribution in [0.3, 0.4) is 0 Å². The predicted molar refractivity (Wildman–Crippen MR) is 109 cm³/mol. The van der Waals surface area contributed by atoms with Crippen molar-refractivity contribution in [2.75, 3.05) is 4.90 Å². The first-order valence-electron chi connectivity index (χ1n) is 8.52. The molecule has 2 aromatic heterocycles. The molecule has 2 aliphatic rings. The van der Waals surface area contributed by atoms with E-state index < -0.39 is 17.7 Å². The zero-order chi connectivity index (χ0) is 19.5. The van der Waals surface area contributed by atoms with E-state index in [2.05, 4.69) is 5.32 Å². The summed E-state index contributed by atoms with van der Waals surface area (Å²) in [5.74, 6) is -1.35. The van der Waals surface area contributed by atoms with Crippen molar-refractivity contribution in [3.05, 3.63) is 38.6 Å². The van der Waals surface area contributed by atoms with Gasteiger partial charge in [-0.15, -0.1) is 22.7 Å². The van der Waals surface area contributed by atoms with Crippen molar-refractivity contribution in [3.63, 3.8) is 0 Å². The molecule has 0 unspecified atom stereocenters. The number of aryl methyl sites for hydroxylation is 2. The fraction of sp³-hybridized carbons (Fsp3) is 0.100. The molecule has 136 valence electrons. The van der Waals surface area contributed by atoms with Crippen LogP contribution >= 0.6 is 22.7 Å². The Bertz CT molecular complexity index is 1470. The van der Waals surface area contributed by atoms with E-state index in [0.717, 1.165) is 14.7 Å². The van der Waals surface area contributed by atoms with Crippen LogP contribution in [0.1, 0.15) is 40.8 Å². The Balaban J connectivity index is 2.06. The van der Waals surface area contributed by atoms with Gasteiger partial charge in [0.25, 0.3) is 17.7 Å². The number of rotatable bonds is 1. The second-order valence-electron chi connectivity index (χ2n) is 6.99. The van der Waals surface area contributed by atoms with Crippen molar-refractivity contribution in [2.45, 2.75) is 13.8 Å². The van der Waals surface area contributed by atoms with Gasteiger partial charge in [0.2, 0.25) is 6.41 Å². The zero-order valence-corrected chi connectivity index (χ0v) is 16.3. The number of hydrogen-bond acceptors (Lipinski definition) is 6. The Kier molecular flexibility index (Phi) is 2.75. The van der Waals surface area contributed by atoms with Crippen LogP contribution in [0.4, 0.5) is 5.69 Å². The van der Waals surface area contributed by atoms with E-state index in [4.69, 9.17) is 0 Å². The lowest BCUT2D eigenvalue weighted by Crippen LogP contribution is -2.35. The molecule has 4 amide bonds. The van der Waals surface area contributed by atoms with Crippen LogP contribution in [0, 0.1) is 13.8 Å². The van der Waals surface area contributed by atoms with Crippen LogP contribution < -0.4 is 10.2 Å². The molecule has 4 heterocycles. The number of carbonyl (C=O) groups is 4. The molecule has 0 saturated carbocycles. The number of amides is 4. The second kappa shape index (κ2) is 4.84. The second-order valence-corrected chi connectivity index (χ2v) is 9.50. The molecule has 0 radical (unpaired) electrons. The highest BCUT2D eigenvalue weighted by Crippen LogP contribution is 2.52. The van der Waals surface area contributed by atoms with E-state index in [1.165, 1.54) is 22.7 Å². The van der Waals surface area contributed by atoms with Crippen molar-refractivity contribution in [1.29, 1.82) is 0 Å². The van der Waals surface area contributed by atoms with Gasteiger partial charge in [-0.05, 0) is 26.0 Å². The number of carbonyl (C=O) groups excluding carboxylic acids is 4. The smallest absolute Gasteiger partial charge is 0.266 e. The molecule has 0 saturated heterocycles. The fourth-order valence-electron chi connectivity index (χ4n) is 4.45. The van der Waals surface area contributed by atoms with E-state index in [1.807, 2.05) is 26.0 Å². The molecule has 4 aromatic rings. The molecule has 1 N–H and O–H groups in total. The minimum absolute atomic E-state index is 0.400.